The highest BCUT2D eigenvalue weighted by Crippen LogP contribution is 2.30. The third-order valence-electron chi connectivity index (χ3n) is 1.77. The minimum atomic E-state index is 0.793. The van der Waals surface area contributed by atoms with Crippen LogP contribution < -0.4 is 5.32 Å². The minimum absolute atomic E-state index is 0.793. The van der Waals surface area contributed by atoms with Crippen LogP contribution in [-0.4, -0.2) is 12.3 Å². The van der Waals surface area contributed by atoms with Crippen molar-refractivity contribution in [1.82, 2.24) is 0 Å². The van der Waals surface area contributed by atoms with Crippen LogP contribution in [0.15, 0.2) is 23.1 Å². The lowest BCUT2D eigenvalue weighted by Crippen LogP contribution is -1.98. The van der Waals surface area contributed by atoms with Gasteiger partial charge in [0.2, 0.25) is 0 Å². The van der Waals surface area contributed by atoms with Gasteiger partial charge in [0.25, 0.3) is 0 Å². The quantitative estimate of drug-likeness (QED) is 0.757. The van der Waals surface area contributed by atoms with Gasteiger partial charge in [-0.05, 0) is 37.3 Å². The molecule has 78 valence electrons. The smallest absolute Gasteiger partial charge is 0.0493 e. The number of hydrogen-bond acceptors (Lipinski definition) is 2. The molecule has 0 bridgehead atoms. The van der Waals surface area contributed by atoms with Crippen LogP contribution in [0.4, 0.5) is 5.69 Å². The van der Waals surface area contributed by atoms with Crippen LogP contribution in [-0.2, 0) is 0 Å². The van der Waals surface area contributed by atoms with E-state index in [1.165, 1.54) is 11.3 Å². The Hall–Kier alpha value is -0.340. The van der Waals surface area contributed by atoms with Crippen molar-refractivity contribution in [3.05, 3.63) is 23.2 Å². The lowest BCUT2D eigenvalue weighted by atomic mass is 10.3. The van der Waals surface area contributed by atoms with E-state index < -0.39 is 0 Å². The summed E-state index contributed by atoms with van der Waals surface area (Å²) < 4.78 is 0. The predicted octanol–water partition coefficient (Wildman–Crippen LogP) is 4.27. The number of benzene rings is 1. The van der Waals surface area contributed by atoms with Crippen molar-refractivity contribution in [3.63, 3.8) is 0 Å². The summed E-state index contributed by atoms with van der Waals surface area (Å²) in [7, 11) is 0. The molecule has 1 aromatic rings. The topological polar surface area (TPSA) is 12.0 Å². The first-order chi connectivity index (χ1) is 6.77. The van der Waals surface area contributed by atoms with E-state index in [0.29, 0.717) is 0 Å². The Morgan fingerprint density at radius 1 is 1.36 bits per heavy atom. The molecule has 0 fully saturated rings. The van der Waals surface area contributed by atoms with Gasteiger partial charge in [0.1, 0.15) is 0 Å². The van der Waals surface area contributed by atoms with E-state index in [9.17, 15) is 0 Å². The van der Waals surface area contributed by atoms with Crippen molar-refractivity contribution in [1.29, 1.82) is 0 Å². The third-order valence-corrected chi connectivity index (χ3v) is 3.28. The zero-order valence-electron chi connectivity index (χ0n) is 8.64. The largest absolute Gasteiger partial charge is 0.384 e. The predicted molar refractivity (Wildman–Crippen MR) is 66.6 cm³/mol. The summed E-state index contributed by atoms with van der Waals surface area (Å²) in [4.78, 5) is 1.29. The molecule has 1 N–H and O–H groups in total. The Labute approximate surface area is 95.2 Å². The summed E-state index contributed by atoms with van der Waals surface area (Å²) in [5.41, 5.74) is 1.15. The maximum absolute atomic E-state index is 5.94. The Bertz CT molecular complexity index is 289. The molecule has 0 aromatic heterocycles. The number of anilines is 1. The van der Waals surface area contributed by atoms with Gasteiger partial charge in [-0.25, -0.2) is 0 Å². The van der Waals surface area contributed by atoms with Crippen molar-refractivity contribution >= 4 is 29.1 Å². The molecule has 0 saturated carbocycles. The van der Waals surface area contributed by atoms with Gasteiger partial charge in [-0.15, -0.1) is 11.8 Å². The van der Waals surface area contributed by atoms with E-state index in [1.54, 1.807) is 0 Å². The molecule has 0 unspecified atom stereocenters. The summed E-state index contributed by atoms with van der Waals surface area (Å²) in [6, 6.07) is 6.02. The van der Waals surface area contributed by atoms with Crippen molar-refractivity contribution in [2.24, 2.45) is 0 Å². The molecule has 0 aliphatic rings. The average Bonchev–Trinajstić information content (AvgIpc) is 2.17. The van der Waals surface area contributed by atoms with Crippen LogP contribution in [0.25, 0.3) is 0 Å². The highest BCUT2D eigenvalue weighted by atomic mass is 35.5. The molecular weight excluding hydrogens is 214 g/mol. The molecule has 0 aliphatic carbocycles. The zero-order valence-corrected chi connectivity index (χ0v) is 10.2. The lowest BCUT2D eigenvalue weighted by molar-refractivity contribution is 1.10. The summed E-state index contributed by atoms with van der Waals surface area (Å²) in [6.45, 7) is 5.21. The molecule has 1 nitrogen and oxygen atoms in total. The molecule has 0 radical (unpaired) electrons. The molecule has 0 saturated heterocycles. The fraction of sp³-hybridized carbons (Fsp3) is 0.455. The third kappa shape index (κ3) is 3.43. The number of halogens is 1. The fourth-order valence-electron chi connectivity index (χ4n) is 1.17. The van der Waals surface area contributed by atoms with Crippen molar-refractivity contribution in [2.75, 3.05) is 17.6 Å². The highest BCUT2D eigenvalue weighted by Gasteiger charge is 2.02. The lowest BCUT2D eigenvalue weighted by Gasteiger charge is -2.10. The van der Waals surface area contributed by atoms with Crippen LogP contribution in [0.3, 0.4) is 0 Å². The second-order valence-corrected chi connectivity index (χ2v) is 4.59. The molecule has 1 aromatic carbocycles. The van der Waals surface area contributed by atoms with Gasteiger partial charge in [0, 0.05) is 22.2 Å². The van der Waals surface area contributed by atoms with Crippen molar-refractivity contribution in [2.45, 2.75) is 25.2 Å². The van der Waals surface area contributed by atoms with Gasteiger partial charge in [-0.3, -0.25) is 0 Å². The normalized spacial score (nSPS) is 10.2. The number of nitrogens with one attached hydrogen (secondary N) is 1. The van der Waals surface area contributed by atoms with Gasteiger partial charge in [-0.1, -0.05) is 18.5 Å². The maximum Gasteiger partial charge on any atom is 0.0493 e. The first-order valence-corrected chi connectivity index (χ1v) is 6.30. The Balaban J connectivity index is 2.78. The van der Waals surface area contributed by atoms with Crippen molar-refractivity contribution < 1.29 is 0 Å². The van der Waals surface area contributed by atoms with Gasteiger partial charge in [0.05, 0.1) is 0 Å². The van der Waals surface area contributed by atoms with E-state index in [2.05, 4.69) is 25.2 Å². The summed E-state index contributed by atoms with van der Waals surface area (Å²) >= 11 is 7.81. The monoisotopic (exact) mass is 229 g/mol. The van der Waals surface area contributed by atoms with Gasteiger partial charge < -0.3 is 5.32 Å². The molecule has 0 spiro atoms. The molecule has 3 heteroatoms. The van der Waals surface area contributed by atoms with Gasteiger partial charge in [0.15, 0.2) is 0 Å². The van der Waals surface area contributed by atoms with Crippen LogP contribution in [0, 0.1) is 0 Å². The summed E-state index contributed by atoms with van der Waals surface area (Å²) in [6.07, 6.45) is 1.19. The molecule has 0 amide bonds. The van der Waals surface area contributed by atoms with Crippen LogP contribution in [0.1, 0.15) is 20.3 Å². The zero-order chi connectivity index (χ0) is 10.4. The fourth-order valence-corrected chi connectivity index (χ4v) is 2.22. The van der Waals surface area contributed by atoms with E-state index in [-0.39, 0.29) is 0 Å². The molecule has 0 atom stereocenters. The molecule has 0 heterocycles. The first kappa shape index (κ1) is 11.7. The molecule has 0 aliphatic heterocycles. The Morgan fingerprint density at radius 3 is 2.79 bits per heavy atom. The molecular formula is C11H16ClNS. The summed E-state index contributed by atoms with van der Waals surface area (Å²) in [5.74, 6) is 1.15. The number of rotatable bonds is 5. The van der Waals surface area contributed by atoms with E-state index >= 15 is 0 Å². The average molecular weight is 230 g/mol. The van der Waals surface area contributed by atoms with Crippen molar-refractivity contribution in [3.8, 4) is 0 Å². The van der Waals surface area contributed by atoms with Gasteiger partial charge in [-0.2, -0.15) is 0 Å². The van der Waals surface area contributed by atoms with Crippen LogP contribution >= 0.6 is 23.4 Å². The Morgan fingerprint density at radius 2 is 2.14 bits per heavy atom. The second-order valence-electron chi connectivity index (χ2n) is 3.02. The minimum Gasteiger partial charge on any atom is -0.384 e. The second kappa shape index (κ2) is 6.20. The SMILES string of the molecule is CCCSc1ccc(Cl)cc1NCC. The van der Waals surface area contributed by atoms with E-state index in [4.69, 9.17) is 11.6 Å². The van der Waals surface area contributed by atoms with E-state index in [1.807, 2.05) is 23.9 Å². The standard InChI is InChI=1S/C11H16ClNS/c1-3-7-14-11-6-5-9(12)8-10(11)13-4-2/h5-6,8,13H,3-4,7H2,1-2H3. The van der Waals surface area contributed by atoms with Crippen LogP contribution in [0.2, 0.25) is 5.02 Å². The molecule has 1 rings (SSSR count). The molecule has 14 heavy (non-hydrogen) atoms. The first-order valence-electron chi connectivity index (χ1n) is 4.94. The van der Waals surface area contributed by atoms with Gasteiger partial charge >= 0.3 is 0 Å². The summed E-state index contributed by atoms with van der Waals surface area (Å²) in [5, 5.41) is 4.11. The van der Waals surface area contributed by atoms with E-state index in [0.717, 1.165) is 23.0 Å². The number of thioether (sulfide) groups is 1. The maximum atomic E-state index is 5.94. The Kier molecular flexibility index (Phi) is 5.20. The number of hydrogen-bond donors (Lipinski definition) is 1. The van der Waals surface area contributed by atoms with Crippen LogP contribution in [0.5, 0.6) is 0 Å². The highest BCUT2D eigenvalue weighted by molar-refractivity contribution is 7.99.